The standard InChI is InChI=1S/C23H14F5N3O/c1-4-9-30-12(3)15(13-7-5-6-8-16(13)30)10-14-11(2)29-31(23(14)32)22-20(27)18(25)17(24)19(26)21(22)28/h1,5-8,10H,9H2,2-3H3/b14-10-. The van der Waals surface area contributed by atoms with Gasteiger partial charge in [0, 0.05) is 22.2 Å². The van der Waals surface area contributed by atoms with Crippen molar-refractivity contribution in [1.29, 1.82) is 0 Å². The van der Waals surface area contributed by atoms with Crippen molar-refractivity contribution in [3.8, 4) is 12.3 Å². The van der Waals surface area contributed by atoms with Crippen molar-refractivity contribution < 1.29 is 26.7 Å². The average Bonchev–Trinajstić information content (AvgIpc) is 3.20. The molecule has 1 amide bonds. The zero-order valence-corrected chi connectivity index (χ0v) is 16.8. The molecule has 0 aliphatic carbocycles. The first-order valence-electron chi connectivity index (χ1n) is 9.33. The summed E-state index contributed by atoms with van der Waals surface area (Å²) in [5.41, 5.74) is 0.722. The van der Waals surface area contributed by atoms with Gasteiger partial charge >= 0.3 is 0 Å². The molecule has 0 spiro atoms. The van der Waals surface area contributed by atoms with Crippen molar-refractivity contribution in [2.24, 2.45) is 5.10 Å². The molecular formula is C23H14F5N3O. The van der Waals surface area contributed by atoms with E-state index in [1.54, 1.807) is 13.0 Å². The van der Waals surface area contributed by atoms with Crippen LogP contribution in [0, 0.1) is 48.4 Å². The minimum Gasteiger partial charge on any atom is -0.333 e. The molecular weight excluding hydrogens is 429 g/mol. The maximum absolute atomic E-state index is 14.2. The van der Waals surface area contributed by atoms with E-state index < -0.39 is 40.7 Å². The lowest BCUT2D eigenvalue weighted by molar-refractivity contribution is -0.114. The third-order valence-electron chi connectivity index (χ3n) is 5.28. The molecule has 32 heavy (non-hydrogen) atoms. The van der Waals surface area contributed by atoms with Crippen LogP contribution in [0.3, 0.4) is 0 Å². The van der Waals surface area contributed by atoms with Gasteiger partial charge in [-0.15, -0.1) is 6.42 Å². The summed E-state index contributed by atoms with van der Waals surface area (Å²) < 4.78 is 71.0. The van der Waals surface area contributed by atoms with E-state index in [1.165, 1.54) is 13.0 Å². The molecule has 1 aromatic heterocycles. The van der Waals surface area contributed by atoms with Crippen LogP contribution in [-0.2, 0) is 11.3 Å². The number of amides is 1. The monoisotopic (exact) mass is 443 g/mol. The number of rotatable bonds is 3. The predicted molar refractivity (Wildman–Crippen MR) is 110 cm³/mol. The Kier molecular flexibility index (Phi) is 5.09. The molecule has 162 valence electrons. The third kappa shape index (κ3) is 2.99. The Hall–Kier alpha value is -3.93. The molecule has 2 heterocycles. The van der Waals surface area contributed by atoms with Crippen molar-refractivity contribution in [2.75, 3.05) is 5.01 Å². The van der Waals surface area contributed by atoms with E-state index in [9.17, 15) is 26.7 Å². The first-order chi connectivity index (χ1) is 15.2. The Bertz CT molecular complexity index is 1380. The number of hydrogen-bond acceptors (Lipinski definition) is 2. The number of hydrogen-bond donors (Lipinski definition) is 0. The van der Waals surface area contributed by atoms with Crippen molar-refractivity contribution in [2.45, 2.75) is 20.4 Å². The highest BCUT2D eigenvalue weighted by Crippen LogP contribution is 2.35. The van der Waals surface area contributed by atoms with E-state index in [-0.39, 0.29) is 22.8 Å². The number of hydrazone groups is 1. The van der Waals surface area contributed by atoms with E-state index in [0.717, 1.165) is 16.6 Å². The summed E-state index contributed by atoms with van der Waals surface area (Å²) in [6.07, 6.45) is 6.93. The van der Waals surface area contributed by atoms with Crippen LogP contribution < -0.4 is 5.01 Å². The molecule has 0 bridgehead atoms. The molecule has 4 rings (SSSR count). The highest BCUT2D eigenvalue weighted by Gasteiger charge is 2.37. The number of terminal acetylenes is 1. The van der Waals surface area contributed by atoms with Crippen molar-refractivity contribution >= 4 is 34.3 Å². The summed E-state index contributed by atoms with van der Waals surface area (Å²) in [4.78, 5) is 12.9. The highest BCUT2D eigenvalue weighted by atomic mass is 19.2. The quantitative estimate of drug-likeness (QED) is 0.183. The van der Waals surface area contributed by atoms with E-state index >= 15 is 0 Å². The SMILES string of the molecule is C#CCn1c(C)c(/C=C2\C(=O)N(c3c(F)c(F)c(F)c(F)c3F)N=C2C)c2ccccc21. The number of fused-ring (bicyclic) bond motifs is 1. The molecule has 1 aliphatic rings. The van der Waals surface area contributed by atoms with Crippen LogP contribution in [0.4, 0.5) is 27.6 Å². The zero-order chi connectivity index (χ0) is 23.3. The van der Waals surface area contributed by atoms with E-state index in [2.05, 4.69) is 11.0 Å². The van der Waals surface area contributed by atoms with Gasteiger partial charge in [0.05, 0.1) is 17.8 Å². The second kappa shape index (κ2) is 7.64. The van der Waals surface area contributed by atoms with E-state index in [1.807, 2.05) is 22.8 Å². The summed E-state index contributed by atoms with van der Waals surface area (Å²) in [5, 5.41) is 4.72. The van der Waals surface area contributed by atoms with E-state index in [0.29, 0.717) is 5.56 Å². The maximum atomic E-state index is 14.2. The second-order valence-corrected chi connectivity index (χ2v) is 7.09. The zero-order valence-electron chi connectivity index (χ0n) is 16.8. The number of carbonyl (C=O) groups is 1. The van der Waals surface area contributed by atoms with Crippen LogP contribution in [0.2, 0.25) is 0 Å². The Morgan fingerprint density at radius 1 is 1.00 bits per heavy atom. The molecule has 9 heteroatoms. The first kappa shape index (κ1) is 21.3. The largest absolute Gasteiger partial charge is 0.333 e. The van der Waals surface area contributed by atoms with Crippen LogP contribution in [-0.4, -0.2) is 16.2 Å². The number of nitrogens with zero attached hydrogens (tertiary/aromatic N) is 3. The van der Waals surface area contributed by atoms with Gasteiger partial charge in [0.25, 0.3) is 5.91 Å². The van der Waals surface area contributed by atoms with Crippen LogP contribution in [0.5, 0.6) is 0 Å². The average molecular weight is 443 g/mol. The highest BCUT2D eigenvalue weighted by molar-refractivity contribution is 6.32. The molecule has 1 aliphatic heterocycles. The first-order valence-corrected chi connectivity index (χ1v) is 9.33. The lowest BCUT2D eigenvalue weighted by Gasteiger charge is -2.15. The van der Waals surface area contributed by atoms with Gasteiger partial charge in [0.2, 0.25) is 5.82 Å². The molecule has 2 aromatic carbocycles. The van der Waals surface area contributed by atoms with Crippen LogP contribution in [0.1, 0.15) is 18.2 Å². The fourth-order valence-electron chi connectivity index (χ4n) is 3.69. The van der Waals surface area contributed by atoms with Crippen LogP contribution in [0.15, 0.2) is 34.9 Å². The number of para-hydroxylation sites is 1. The third-order valence-corrected chi connectivity index (χ3v) is 5.28. The number of benzene rings is 2. The van der Waals surface area contributed by atoms with Crippen molar-refractivity contribution in [3.05, 3.63) is 70.2 Å². The molecule has 0 radical (unpaired) electrons. The Morgan fingerprint density at radius 3 is 2.22 bits per heavy atom. The van der Waals surface area contributed by atoms with Gasteiger partial charge in [-0.3, -0.25) is 4.79 Å². The Morgan fingerprint density at radius 2 is 1.59 bits per heavy atom. The van der Waals surface area contributed by atoms with Gasteiger partial charge in [-0.05, 0) is 26.0 Å². The smallest absolute Gasteiger partial charge is 0.280 e. The minimum absolute atomic E-state index is 0.0483. The number of halogens is 5. The normalized spacial score (nSPS) is 15.1. The molecule has 0 N–H and O–H groups in total. The minimum atomic E-state index is -2.32. The lowest BCUT2D eigenvalue weighted by Crippen LogP contribution is -2.25. The lowest BCUT2D eigenvalue weighted by atomic mass is 10.0. The summed E-state index contributed by atoms with van der Waals surface area (Å²) in [6, 6.07) is 7.28. The van der Waals surface area contributed by atoms with Gasteiger partial charge in [-0.1, -0.05) is 24.1 Å². The van der Waals surface area contributed by atoms with Gasteiger partial charge < -0.3 is 4.57 Å². The van der Waals surface area contributed by atoms with Gasteiger partial charge in [0.15, 0.2) is 23.3 Å². The van der Waals surface area contributed by atoms with Gasteiger partial charge in [-0.2, -0.15) is 10.1 Å². The molecule has 4 nitrogen and oxygen atoms in total. The Balaban J connectivity index is 1.87. The summed E-state index contributed by atoms with van der Waals surface area (Å²) in [5.74, 6) is -9.40. The summed E-state index contributed by atoms with van der Waals surface area (Å²) in [7, 11) is 0. The second-order valence-electron chi connectivity index (χ2n) is 7.09. The van der Waals surface area contributed by atoms with Crippen LogP contribution >= 0.6 is 0 Å². The van der Waals surface area contributed by atoms with Crippen molar-refractivity contribution in [3.63, 3.8) is 0 Å². The Labute approximate surface area is 179 Å². The molecule has 0 saturated heterocycles. The maximum Gasteiger partial charge on any atom is 0.280 e. The fraction of sp³-hybridized carbons (Fsp3) is 0.130. The molecule has 3 aromatic rings. The summed E-state index contributed by atoms with van der Waals surface area (Å²) in [6.45, 7) is 3.45. The molecule has 0 saturated carbocycles. The molecule has 0 fully saturated rings. The topological polar surface area (TPSA) is 37.6 Å². The fourth-order valence-corrected chi connectivity index (χ4v) is 3.69. The number of anilines is 1. The summed E-state index contributed by atoms with van der Waals surface area (Å²) >= 11 is 0. The molecule has 0 unspecified atom stereocenters. The van der Waals surface area contributed by atoms with Gasteiger partial charge in [0.1, 0.15) is 5.69 Å². The van der Waals surface area contributed by atoms with E-state index in [4.69, 9.17) is 6.42 Å². The van der Waals surface area contributed by atoms with Gasteiger partial charge in [-0.25, -0.2) is 22.0 Å². The number of aromatic nitrogens is 1. The van der Waals surface area contributed by atoms with Crippen molar-refractivity contribution in [1.82, 2.24) is 4.57 Å². The predicted octanol–water partition coefficient (Wildman–Crippen LogP) is 5.08. The van der Waals surface area contributed by atoms with Crippen LogP contribution in [0.25, 0.3) is 17.0 Å². The molecule has 0 atom stereocenters. The number of carbonyl (C=O) groups excluding carboxylic acids is 1.